The van der Waals surface area contributed by atoms with Crippen molar-refractivity contribution >= 4 is 0 Å². The van der Waals surface area contributed by atoms with E-state index in [2.05, 4.69) is 50.0 Å². The Morgan fingerprint density at radius 2 is 1.67 bits per heavy atom. The average molecular weight is 172 g/mol. The van der Waals surface area contributed by atoms with Crippen molar-refractivity contribution in [2.45, 2.75) is 20.8 Å². The van der Waals surface area contributed by atoms with Gasteiger partial charge in [-0.15, -0.1) is 0 Å². The second kappa shape index (κ2) is 6.40. The predicted molar refractivity (Wildman–Crippen MR) is 53.5 cm³/mol. The van der Waals surface area contributed by atoms with E-state index in [0.717, 1.165) is 19.8 Å². The number of nitrogens with one attached hydrogen (secondary N) is 1. The van der Waals surface area contributed by atoms with Gasteiger partial charge in [0.15, 0.2) is 0 Å². The predicted octanol–water partition coefficient (Wildman–Crippen LogP) is 0.946. The summed E-state index contributed by atoms with van der Waals surface area (Å²) in [6.07, 6.45) is 1.26. The first-order chi connectivity index (χ1) is 5.61. The molecule has 0 aromatic carbocycles. The lowest BCUT2D eigenvalue weighted by Gasteiger charge is -2.27. The van der Waals surface area contributed by atoms with Crippen LogP contribution in [0.1, 0.15) is 20.8 Å². The van der Waals surface area contributed by atoms with Gasteiger partial charge in [-0.3, -0.25) is 15.1 Å². The van der Waals surface area contributed by atoms with Gasteiger partial charge in [-0.05, 0) is 34.1 Å². The Morgan fingerprint density at radius 3 is 2.00 bits per heavy atom. The molecule has 0 saturated heterocycles. The summed E-state index contributed by atoms with van der Waals surface area (Å²) in [7, 11) is 4.12. The third-order valence-electron chi connectivity index (χ3n) is 1.89. The molecule has 0 bridgehead atoms. The molecule has 0 aliphatic rings. The maximum atomic E-state index is 3.35. The highest BCUT2D eigenvalue weighted by molar-refractivity contribution is 4.79. The Kier molecular flexibility index (Phi) is 6.34. The molecule has 0 heterocycles. The minimum Gasteiger partial charge on any atom is -0.297 e. The third-order valence-corrected chi connectivity index (χ3v) is 1.89. The Labute approximate surface area is 76.7 Å². The van der Waals surface area contributed by atoms with Crippen molar-refractivity contribution in [3.63, 3.8) is 0 Å². The molecule has 0 saturated carbocycles. The number of nitrogens with zero attached hydrogens (tertiary/aromatic N) is 2. The quantitative estimate of drug-likeness (QED) is 0.602. The molecule has 3 nitrogen and oxygen atoms in total. The molecular weight excluding hydrogens is 150 g/mol. The fraction of sp³-hybridized carbons (Fsp3) is 0.889. The zero-order valence-corrected chi connectivity index (χ0v) is 9.02. The van der Waals surface area contributed by atoms with E-state index < -0.39 is 0 Å². The van der Waals surface area contributed by atoms with Crippen molar-refractivity contribution in [3.05, 3.63) is 6.17 Å². The standard InChI is InChI=1S/C9H22N3/c1-6-12(7-2)9(3)10-8-11(4)5/h10H,6-8H2,1-5H3. The molecule has 0 rings (SSSR count). The lowest BCUT2D eigenvalue weighted by molar-refractivity contribution is 0.255. The summed E-state index contributed by atoms with van der Waals surface area (Å²) in [5.74, 6) is 0. The smallest absolute Gasteiger partial charge is 0.102 e. The Morgan fingerprint density at radius 1 is 1.17 bits per heavy atom. The zero-order chi connectivity index (χ0) is 9.56. The van der Waals surface area contributed by atoms with Gasteiger partial charge in [0.25, 0.3) is 0 Å². The maximum absolute atomic E-state index is 3.35. The molecule has 0 unspecified atom stereocenters. The first-order valence-electron chi connectivity index (χ1n) is 4.58. The van der Waals surface area contributed by atoms with E-state index >= 15 is 0 Å². The summed E-state index contributed by atoms with van der Waals surface area (Å²) < 4.78 is 0. The number of hydrogen-bond acceptors (Lipinski definition) is 3. The molecule has 73 valence electrons. The summed E-state index contributed by atoms with van der Waals surface area (Å²) in [5.41, 5.74) is 0. The molecule has 12 heavy (non-hydrogen) atoms. The van der Waals surface area contributed by atoms with E-state index in [1.54, 1.807) is 0 Å². The first kappa shape index (κ1) is 11.9. The van der Waals surface area contributed by atoms with Crippen molar-refractivity contribution in [1.82, 2.24) is 15.1 Å². The van der Waals surface area contributed by atoms with Gasteiger partial charge in [0.1, 0.15) is 6.17 Å². The van der Waals surface area contributed by atoms with Gasteiger partial charge < -0.3 is 0 Å². The zero-order valence-electron chi connectivity index (χ0n) is 9.02. The van der Waals surface area contributed by atoms with Gasteiger partial charge in [-0.2, -0.15) is 0 Å². The van der Waals surface area contributed by atoms with E-state index in [-0.39, 0.29) is 0 Å². The second-order valence-corrected chi connectivity index (χ2v) is 3.17. The Balaban J connectivity index is 3.61. The van der Waals surface area contributed by atoms with E-state index in [9.17, 15) is 0 Å². The highest BCUT2D eigenvalue weighted by atomic mass is 15.3. The summed E-state index contributed by atoms with van der Waals surface area (Å²) in [5, 5.41) is 3.35. The van der Waals surface area contributed by atoms with Crippen LogP contribution in [0, 0.1) is 6.17 Å². The number of rotatable bonds is 6. The van der Waals surface area contributed by atoms with Crippen LogP contribution in [0.2, 0.25) is 0 Å². The molecule has 0 spiro atoms. The lowest BCUT2D eigenvalue weighted by Crippen LogP contribution is -2.40. The van der Waals surface area contributed by atoms with Crippen LogP contribution in [-0.4, -0.2) is 43.7 Å². The minimum absolute atomic E-state index is 0.905. The molecule has 0 aliphatic heterocycles. The average Bonchev–Trinajstić information content (AvgIpc) is 2.03. The van der Waals surface area contributed by atoms with Crippen LogP contribution in [0.15, 0.2) is 0 Å². The first-order valence-corrected chi connectivity index (χ1v) is 4.58. The van der Waals surface area contributed by atoms with Gasteiger partial charge in [0, 0.05) is 6.67 Å². The molecule has 0 aromatic heterocycles. The molecule has 1 N–H and O–H groups in total. The largest absolute Gasteiger partial charge is 0.297 e. The third kappa shape index (κ3) is 4.70. The van der Waals surface area contributed by atoms with Crippen LogP contribution in [0.4, 0.5) is 0 Å². The van der Waals surface area contributed by atoms with Gasteiger partial charge in [0.2, 0.25) is 0 Å². The Hall–Kier alpha value is -0.120. The van der Waals surface area contributed by atoms with Crippen LogP contribution in [0.3, 0.4) is 0 Å². The SMILES string of the molecule is CCN(CC)[C](C)NCN(C)C. The fourth-order valence-electron chi connectivity index (χ4n) is 1.08. The molecule has 1 radical (unpaired) electrons. The topological polar surface area (TPSA) is 18.5 Å². The fourth-order valence-corrected chi connectivity index (χ4v) is 1.08. The van der Waals surface area contributed by atoms with Crippen LogP contribution in [0.25, 0.3) is 0 Å². The normalized spacial score (nSPS) is 12.0. The molecule has 0 aliphatic carbocycles. The molecule has 0 atom stereocenters. The summed E-state index contributed by atoms with van der Waals surface area (Å²) in [4.78, 5) is 4.43. The molecule has 0 amide bonds. The van der Waals surface area contributed by atoms with E-state index in [4.69, 9.17) is 0 Å². The summed E-state index contributed by atoms with van der Waals surface area (Å²) in [6.45, 7) is 9.51. The summed E-state index contributed by atoms with van der Waals surface area (Å²) in [6, 6.07) is 0. The van der Waals surface area contributed by atoms with E-state index in [1.165, 1.54) is 6.17 Å². The molecule has 0 aromatic rings. The van der Waals surface area contributed by atoms with Crippen molar-refractivity contribution < 1.29 is 0 Å². The van der Waals surface area contributed by atoms with Crippen LogP contribution in [0.5, 0.6) is 0 Å². The highest BCUT2D eigenvalue weighted by Gasteiger charge is 2.09. The van der Waals surface area contributed by atoms with Crippen LogP contribution < -0.4 is 5.32 Å². The number of hydrogen-bond donors (Lipinski definition) is 1. The lowest BCUT2D eigenvalue weighted by atomic mass is 10.4. The van der Waals surface area contributed by atoms with Crippen molar-refractivity contribution in [2.75, 3.05) is 33.9 Å². The van der Waals surface area contributed by atoms with Gasteiger partial charge in [-0.25, -0.2) is 0 Å². The minimum atomic E-state index is 0.905. The Bertz CT molecular complexity index is 99.9. The van der Waals surface area contributed by atoms with E-state index in [0.29, 0.717) is 0 Å². The molecule has 0 fully saturated rings. The van der Waals surface area contributed by atoms with Gasteiger partial charge >= 0.3 is 0 Å². The van der Waals surface area contributed by atoms with Crippen LogP contribution >= 0.6 is 0 Å². The van der Waals surface area contributed by atoms with Crippen molar-refractivity contribution in [1.29, 1.82) is 0 Å². The summed E-state index contributed by atoms with van der Waals surface area (Å²) >= 11 is 0. The van der Waals surface area contributed by atoms with Crippen molar-refractivity contribution in [2.24, 2.45) is 0 Å². The molecular formula is C9H22N3. The van der Waals surface area contributed by atoms with Gasteiger partial charge in [-0.1, -0.05) is 13.8 Å². The monoisotopic (exact) mass is 172 g/mol. The van der Waals surface area contributed by atoms with Crippen LogP contribution in [-0.2, 0) is 0 Å². The van der Waals surface area contributed by atoms with Gasteiger partial charge in [0.05, 0.1) is 0 Å². The maximum Gasteiger partial charge on any atom is 0.102 e. The highest BCUT2D eigenvalue weighted by Crippen LogP contribution is 2.01. The van der Waals surface area contributed by atoms with E-state index in [1.807, 2.05) is 0 Å². The van der Waals surface area contributed by atoms with Crippen molar-refractivity contribution in [3.8, 4) is 0 Å². The molecule has 3 heteroatoms. The second-order valence-electron chi connectivity index (χ2n) is 3.17.